The molecule has 0 unspecified atom stereocenters. The molecule has 2 aromatic rings. The Kier molecular flexibility index (Phi) is 5.09. The van der Waals surface area contributed by atoms with E-state index in [9.17, 15) is 9.59 Å². The first-order valence-corrected chi connectivity index (χ1v) is 8.79. The van der Waals surface area contributed by atoms with Crippen LogP contribution in [0.15, 0.2) is 48.5 Å². The van der Waals surface area contributed by atoms with Crippen LogP contribution in [0.4, 0.5) is 11.4 Å². The largest absolute Gasteiger partial charge is 0.326 e. The molecule has 2 amide bonds. The van der Waals surface area contributed by atoms with Crippen LogP contribution in [0, 0.1) is 5.92 Å². The molecule has 0 radical (unpaired) electrons. The summed E-state index contributed by atoms with van der Waals surface area (Å²) in [5.41, 5.74) is 2.68. The zero-order valence-electron chi connectivity index (χ0n) is 14.3. The van der Waals surface area contributed by atoms with Crippen LogP contribution in [0.25, 0.3) is 0 Å². The first-order valence-electron chi connectivity index (χ1n) is 8.41. The lowest BCUT2D eigenvalue weighted by Gasteiger charge is -2.18. The number of amides is 2. The van der Waals surface area contributed by atoms with Gasteiger partial charge in [0.05, 0.1) is 5.92 Å². The van der Waals surface area contributed by atoms with Crippen molar-refractivity contribution in [3.63, 3.8) is 0 Å². The highest BCUT2D eigenvalue weighted by molar-refractivity contribution is 6.30. The predicted octanol–water partition coefficient (Wildman–Crippen LogP) is 4.46. The van der Waals surface area contributed by atoms with Gasteiger partial charge < -0.3 is 10.2 Å². The van der Waals surface area contributed by atoms with Gasteiger partial charge in [-0.15, -0.1) is 0 Å². The number of para-hydroxylation sites is 1. The zero-order valence-corrected chi connectivity index (χ0v) is 15.1. The summed E-state index contributed by atoms with van der Waals surface area (Å²) in [5, 5.41) is 3.62. The van der Waals surface area contributed by atoms with E-state index in [-0.39, 0.29) is 24.2 Å². The van der Waals surface area contributed by atoms with Crippen molar-refractivity contribution in [3.8, 4) is 0 Å². The van der Waals surface area contributed by atoms with Crippen molar-refractivity contribution in [1.29, 1.82) is 0 Å². The second-order valence-corrected chi connectivity index (χ2v) is 7.05. The molecular weight excluding hydrogens is 336 g/mol. The van der Waals surface area contributed by atoms with Gasteiger partial charge >= 0.3 is 0 Å². The average molecular weight is 357 g/mol. The predicted molar refractivity (Wildman–Crippen MR) is 101 cm³/mol. The maximum absolute atomic E-state index is 12.7. The van der Waals surface area contributed by atoms with Gasteiger partial charge in [-0.3, -0.25) is 9.59 Å². The maximum Gasteiger partial charge on any atom is 0.229 e. The molecule has 1 N–H and O–H groups in total. The van der Waals surface area contributed by atoms with Crippen molar-refractivity contribution in [2.75, 3.05) is 16.8 Å². The lowest BCUT2D eigenvalue weighted by atomic mass is 10.0. The first-order chi connectivity index (χ1) is 12.0. The molecule has 130 valence electrons. The molecule has 1 heterocycles. The Labute approximate surface area is 152 Å². The molecule has 4 nitrogen and oxygen atoms in total. The minimum atomic E-state index is -0.358. The van der Waals surface area contributed by atoms with Gasteiger partial charge in [0.15, 0.2) is 0 Å². The molecule has 1 atom stereocenters. The normalized spacial score (nSPS) is 17.2. The minimum Gasteiger partial charge on any atom is -0.326 e. The summed E-state index contributed by atoms with van der Waals surface area (Å²) < 4.78 is 0. The SMILES string of the molecule is CC(C)c1ccccc1NC(=O)[C@@H]1CC(=O)N(c2ccc(Cl)cc2)C1. The Morgan fingerprint density at radius 3 is 2.52 bits per heavy atom. The van der Waals surface area contributed by atoms with Crippen LogP contribution >= 0.6 is 11.6 Å². The molecule has 1 aliphatic heterocycles. The highest BCUT2D eigenvalue weighted by Crippen LogP contribution is 2.29. The van der Waals surface area contributed by atoms with E-state index in [1.165, 1.54) is 0 Å². The summed E-state index contributed by atoms with van der Waals surface area (Å²) in [7, 11) is 0. The van der Waals surface area contributed by atoms with E-state index in [1.54, 1.807) is 29.2 Å². The van der Waals surface area contributed by atoms with Crippen LogP contribution in [0.5, 0.6) is 0 Å². The Morgan fingerprint density at radius 1 is 1.16 bits per heavy atom. The summed E-state index contributed by atoms with van der Waals surface area (Å²) in [6.07, 6.45) is 0.221. The van der Waals surface area contributed by atoms with Crippen LogP contribution in [0.3, 0.4) is 0 Å². The molecular formula is C20H21ClN2O2. The van der Waals surface area contributed by atoms with Gasteiger partial charge in [-0.2, -0.15) is 0 Å². The van der Waals surface area contributed by atoms with Crippen LogP contribution < -0.4 is 10.2 Å². The van der Waals surface area contributed by atoms with Crippen LogP contribution in [-0.4, -0.2) is 18.4 Å². The van der Waals surface area contributed by atoms with Crippen LogP contribution in [-0.2, 0) is 9.59 Å². The number of anilines is 2. The van der Waals surface area contributed by atoms with Crippen molar-refractivity contribution >= 4 is 34.8 Å². The number of hydrogen-bond donors (Lipinski definition) is 1. The molecule has 5 heteroatoms. The molecule has 1 saturated heterocycles. The minimum absolute atomic E-state index is 0.0420. The third-order valence-corrected chi connectivity index (χ3v) is 4.73. The van der Waals surface area contributed by atoms with E-state index < -0.39 is 0 Å². The lowest BCUT2D eigenvalue weighted by Crippen LogP contribution is -2.28. The van der Waals surface area contributed by atoms with Gasteiger partial charge in [0.1, 0.15) is 0 Å². The highest BCUT2D eigenvalue weighted by atomic mass is 35.5. The van der Waals surface area contributed by atoms with E-state index in [2.05, 4.69) is 19.2 Å². The van der Waals surface area contributed by atoms with Gasteiger partial charge in [-0.05, 0) is 41.8 Å². The van der Waals surface area contributed by atoms with E-state index in [0.29, 0.717) is 17.5 Å². The van der Waals surface area contributed by atoms with E-state index >= 15 is 0 Å². The van der Waals surface area contributed by atoms with Gasteiger partial charge in [0, 0.05) is 29.4 Å². The molecule has 0 aliphatic carbocycles. The number of nitrogens with zero attached hydrogens (tertiary/aromatic N) is 1. The maximum atomic E-state index is 12.7. The zero-order chi connectivity index (χ0) is 18.0. The van der Waals surface area contributed by atoms with Gasteiger partial charge in [-0.1, -0.05) is 43.6 Å². The first kappa shape index (κ1) is 17.5. The summed E-state index contributed by atoms with van der Waals surface area (Å²) in [4.78, 5) is 26.6. The number of carbonyl (C=O) groups excluding carboxylic acids is 2. The fraction of sp³-hybridized carbons (Fsp3) is 0.300. The van der Waals surface area contributed by atoms with Crippen molar-refractivity contribution in [2.45, 2.75) is 26.2 Å². The van der Waals surface area contributed by atoms with Crippen molar-refractivity contribution < 1.29 is 9.59 Å². The van der Waals surface area contributed by atoms with Crippen molar-refractivity contribution in [1.82, 2.24) is 0 Å². The molecule has 1 aliphatic rings. The molecule has 0 spiro atoms. The molecule has 0 saturated carbocycles. The lowest BCUT2D eigenvalue weighted by molar-refractivity contribution is -0.122. The smallest absolute Gasteiger partial charge is 0.229 e. The topological polar surface area (TPSA) is 49.4 Å². The monoisotopic (exact) mass is 356 g/mol. The highest BCUT2D eigenvalue weighted by Gasteiger charge is 2.35. The molecule has 25 heavy (non-hydrogen) atoms. The van der Waals surface area contributed by atoms with Gasteiger partial charge in [-0.25, -0.2) is 0 Å². The number of hydrogen-bond acceptors (Lipinski definition) is 2. The Bertz CT molecular complexity index is 787. The molecule has 2 aromatic carbocycles. The quantitative estimate of drug-likeness (QED) is 0.879. The van der Waals surface area contributed by atoms with Crippen molar-refractivity contribution in [2.24, 2.45) is 5.92 Å². The fourth-order valence-electron chi connectivity index (χ4n) is 3.10. The van der Waals surface area contributed by atoms with Crippen molar-refractivity contribution in [3.05, 3.63) is 59.1 Å². The number of carbonyl (C=O) groups is 2. The average Bonchev–Trinajstić information content (AvgIpc) is 2.98. The number of halogens is 1. The van der Waals surface area contributed by atoms with Gasteiger partial charge in [0.25, 0.3) is 0 Å². The van der Waals surface area contributed by atoms with E-state index in [0.717, 1.165) is 16.9 Å². The van der Waals surface area contributed by atoms with Crippen LogP contribution in [0.2, 0.25) is 5.02 Å². The molecule has 3 rings (SSSR count). The van der Waals surface area contributed by atoms with E-state index in [1.807, 2.05) is 24.3 Å². The number of rotatable bonds is 4. The number of benzene rings is 2. The molecule has 0 aromatic heterocycles. The third-order valence-electron chi connectivity index (χ3n) is 4.47. The summed E-state index contributed by atoms with van der Waals surface area (Å²) in [5.74, 6) is -0.201. The second kappa shape index (κ2) is 7.28. The van der Waals surface area contributed by atoms with E-state index in [4.69, 9.17) is 11.6 Å². The summed E-state index contributed by atoms with van der Waals surface area (Å²) >= 11 is 5.90. The Morgan fingerprint density at radius 2 is 1.84 bits per heavy atom. The fourth-order valence-corrected chi connectivity index (χ4v) is 3.23. The molecule has 0 bridgehead atoms. The van der Waals surface area contributed by atoms with Crippen LogP contribution in [0.1, 0.15) is 31.7 Å². The Hall–Kier alpha value is -2.33. The molecule has 1 fully saturated rings. The second-order valence-electron chi connectivity index (χ2n) is 6.61. The summed E-state index contributed by atoms with van der Waals surface area (Å²) in [6.45, 7) is 4.56. The number of nitrogens with one attached hydrogen (secondary N) is 1. The summed E-state index contributed by atoms with van der Waals surface area (Å²) in [6, 6.07) is 14.9. The third kappa shape index (κ3) is 3.85. The standard InChI is InChI=1S/C20H21ClN2O2/c1-13(2)17-5-3-4-6-18(17)22-20(25)14-11-19(24)23(12-14)16-9-7-15(21)8-10-16/h3-10,13-14H,11-12H2,1-2H3,(H,22,25)/t14-/m1/s1. The van der Waals surface area contributed by atoms with Gasteiger partial charge in [0.2, 0.25) is 11.8 Å². The Balaban J connectivity index is 1.72.